The Balaban J connectivity index is 1.81. The predicted octanol–water partition coefficient (Wildman–Crippen LogP) is 2.23. The zero-order valence-corrected chi connectivity index (χ0v) is 9.63. The fourth-order valence-corrected chi connectivity index (χ4v) is 2.32. The molecule has 2 N–H and O–H groups in total. The Morgan fingerprint density at radius 3 is 2.88 bits per heavy atom. The first-order valence-corrected chi connectivity index (χ1v) is 5.86. The van der Waals surface area contributed by atoms with Gasteiger partial charge in [-0.1, -0.05) is 24.3 Å². The van der Waals surface area contributed by atoms with Crippen LogP contribution in [0.2, 0.25) is 0 Å². The summed E-state index contributed by atoms with van der Waals surface area (Å²) in [6.07, 6.45) is 2.99. The molecule has 0 saturated carbocycles. The van der Waals surface area contributed by atoms with E-state index in [1.54, 1.807) is 0 Å². The van der Waals surface area contributed by atoms with Crippen molar-refractivity contribution in [2.75, 3.05) is 17.2 Å². The number of nitrogen functional groups attached to an aromatic ring is 1. The third kappa shape index (κ3) is 1.96. The van der Waals surface area contributed by atoms with E-state index in [0.29, 0.717) is 5.82 Å². The maximum Gasteiger partial charge on any atom is 0.123 e. The molecule has 0 unspecified atom stereocenters. The minimum atomic E-state index is 0.579. The van der Waals surface area contributed by atoms with Gasteiger partial charge in [-0.25, -0.2) is 4.98 Å². The Labute approximate surface area is 101 Å². The Morgan fingerprint density at radius 2 is 2.06 bits per heavy atom. The van der Waals surface area contributed by atoms with Gasteiger partial charge in [0.05, 0.1) is 0 Å². The molecule has 3 heteroatoms. The number of hydrogen-bond acceptors (Lipinski definition) is 3. The van der Waals surface area contributed by atoms with Crippen LogP contribution in [0.4, 0.5) is 11.5 Å². The zero-order valence-electron chi connectivity index (χ0n) is 9.63. The molecule has 1 aliphatic heterocycles. The van der Waals surface area contributed by atoms with Crippen LogP contribution in [0.3, 0.4) is 0 Å². The molecule has 3 nitrogen and oxygen atoms in total. The first kappa shape index (κ1) is 10.1. The van der Waals surface area contributed by atoms with Gasteiger partial charge in [-0.05, 0) is 29.7 Å². The van der Waals surface area contributed by atoms with Crippen molar-refractivity contribution >= 4 is 11.5 Å². The van der Waals surface area contributed by atoms with Gasteiger partial charge in [-0.3, -0.25) is 0 Å². The van der Waals surface area contributed by atoms with Crippen molar-refractivity contribution in [3.63, 3.8) is 0 Å². The molecule has 0 saturated heterocycles. The number of pyridine rings is 1. The largest absolute Gasteiger partial charge is 0.384 e. The number of aromatic nitrogens is 1. The van der Waals surface area contributed by atoms with E-state index in [-0.39, 0.29) is 0 Å². The lowest BCUT2D eigenvalue weighted by Gasteiger charge is -2.19. The molecular formula is C14H15N3. The van der Waals surface area contributed by atoms with E-state index in [4.69, 9.17) is 5.73 Å². The fraction of sp³-hybridized carbons (Fsp3) is 0.214. The van der Waals surface area contributed by atoms with E-state index < -0.39 is 0 Å². The Bertz CT molecular complexity index is 519. The normalized spacial score (nSPS) is 13.8. The van der Waals surface area contributed by atoms with Crippen molar-refractivity contribution in [1.82, 2.24) is 4.98 Å². The molecular weight excluding hydrogens is 210 g/mol. The number of anilines is 2. The maximum atomic E-state index is 5.59. The van der Waals surface area contributed by atoms with E-state index in [9.17, 15) is 0 Å². The standard InChI is InChI=1S/C14H15N3/c15-14-6-5-11(9-16-14)10-17-8-7-12-3-1-2-4-13(12)17/h1-6,9H,7-8,10H2,(H2,15,16). The van der Waals surface area contributed by atoms with Gasteiger partial charge in [0.15, 0.2) is 0 Å². The molecule has 0 aliphatic carbocycles. The van der Waals surface area contributed by atoms with Crippen LogP contribution in [-0.4, -0.2) is 11.5 Å². The molecule has 0 atom stereocenters. The summed E-state index contributed by atoms with van der Waals surface area (Å²) < 4.78 is 0. The molecule has 1 aromatic carbocycles. The molecule has 0 spiro atoms. The van der Waals surface area contributed by atoms with Crippen LogP contribution in [0.1, 0.15) is 11.1 Å². The lowest BCUT2D eigenvalue weighted by Crippen LogP contribution is -2.19. The number of hydrogen-bond donors (Lipinski definition) is 1. The molecule has 0 radical (unpaired) electrons. The van der Waals surface area contributed by atoms with Crippen LogP contribution in [0.25, 0.3) is 0 Å². The smallest absolute Gasteiger partial charge is 0.123 e. The monoisotopic (exact) mass is 225 g/mol. The molecule has 1 aromatic heterocycles. The summed E-state index contributed by atoms with van der Waals surface area (Å²) in [5.74, 6) is 0.579. The SMILES string of the molecule is Nc1ccc(CN2CCc3ccccc32)cn1. The first-order chi connectivity index (χ1) is 8.33. The van der Waals surface area contributed by atoms with Gasteiger partial charge in [0.1, 0.15) is 5.82 Å². The van der Waals surface area contributed by atoms with E-state index in [0.717, 1.165) is 19.5 Å². The van der Waals surface area contributed by atoms with Crippen LogP contribution >= 0.6 is 0 Å². The number of para-hydroxylation sites is 1. The third-order valence-electron chi connectivity index (χ3n) is 3.20. The average Bonchev–Trinajstić information content (AvgIpc) is 2.76. The molecule has 17 heavy (non-hydrogen) atoms. The highest BCUT2D eigenvalue weighted by Gasteiger charge is 2.17. The van der Waals surface area contributed by atoms with Crippen molar-refractivity contribution in [2.24, 2.45) is 0 Å². The Hall–Kier alpha value is -2.03. The summed E-state index contributed by atoms with van der Waals surface area (Å²) >= 11 is 0. The number of benzene rings is 1. The van der Waals surface area contributed by atoms with E-state index in [2.05, 4.69) is 34.1 Å². The number of nitrogens with two attached hydrogens (primary N) is 1. The lowest BCUT2D eigenvalue weighted by molar-refractivity contribution is 0.833. The van der Waals surface area contributed by atoms with Gasteiger partial charge in [-0.15, -0.1) is 0 Å². The van der Waals surface area contributed by atoms with Gasteiger partial charge in [0.25, 0.3) is 0 Å². The second-order valence-corrected chi connectivity index (χ2v) is 4.39. The van der Waals surface area contributed by atoms with Crippen LogP contribution in [0.15, 0.2) is 42.6 Å². The summed E-state index contributed by atoms with van der Waals surface area (Å²) in [4.78, 5) is 6.52. The van der Waals surface area contributed by atoms with Crippen molar-refractivity contribution < 1.29 is 0 Å². The highest BCUT2D eigenvalue weighted by atomic mass is 15.1. The number of rotatable bonds is 2. The summed E-state index contributed by atoms with van der Waals surface area (Å²) in [7, 11) is 0. The van der Waals surface area contributed by atoms with Crippen molar-refractivity contribution in [1.29, 1.82) is 0 Å². The van der Waals surface area contributed by atoms with E-state index in [1.165, 1.54) is 16.8 Å². The Kier molecular flexibility index (Phi) is 2.44. The van der Waals surface area contributed by atoms with Crippen molar-refractivity contribution in [3.05, 3.63) is 53.7 Å². The quantitative estimate of drug-likeness (QED) is 0.852. The molecule has 0 fully saturated rings. The fourth-order valence-electron chi connectivity index (χ4n) is 2.32. The van der Waals surface area contributed by atoms with Gasteiger partial charge in [0.2, 0.25) is 0 Å². The van der Waals surface area contributed by atoms with Gasteiger partial charge < -0.3 is 10.6 Å². The predicted molar refractivity (Wildman–Crippen MR) is 69.8 cm³/mol. The number of fused-ring (bicyclic) bond motifs is 1. The summed E-state index contributed by atoms with van der Waals surface area (Å²) in [6.45, 7) is 1.99. The molecule has 1 aliphatic rings. The van der Waals surface area contributed by atoms with Crippen LogP contribution in [0, 0.1) is 0 Å². The Morgan fingerprint density at radius 1 is 1.18 bits per heavy atom. The molecule has 0 amide bonds. The van der Waals surface area contributed by atoms with Crippen LogP contribution in [0.5, 0.6) is 0 Å². The summed E-state index contributed by atoms with van der Waals surface area (Å²) in [5, 5.41) is 0. The van der Waals surface area contributed by atoms with Crippen LogP contribution < -0.4 is 10.6 Å². The maximum absolute atomic E-state index is 5.59. The zero-order chi connectivity index (χ0) is 11.7. The van der Waals surface area contributed by atoms with Crippen LogP contribution in [-0.2, 0) is 13.0 Å². The highest BCUT2D eigenvalue weighted by Crippen LogP contribution is 2.28. The van der Waals surface area contributed by atoms with E-state index in [1.807, 2.05) is 18.3 Å². The van der Waals surface area contributed by atoms with Crippen molar-refractivity contribution in [3.8, 4) is 0 Å². The summed E-state index contributed by atoms with van der Waals surface area (Å²) in [6, 6.07) is 12.5. The topological polar surface area (TPSA) is 42.1 Å². The lowest BCUT2D eigenvalue weighted by atomic mass is 10.2. The van der Waals surface area contributed by atoms with Gasteiger partial charge in [0, 0.05) is 25.0 Å². The summed E-state index contributed by atoms with van der Waals surface area (Å²) in [5.41, 5.74) is 9.58. The van der Waals surface area contributed by atoms with Gasteiger partial charge >= 0.3 is 0 Å². The molecule has 3 rings (SSSR count). The minimum absolute atomic E-state index is 0.579. The second kappa shape index (κ2) is 4.09. The minimum Gasteiger partial charge on any atom is -0.384 e. The number of nitrogens with zero attached hydrogens (tertiary/aromatic N) is 2. The van der Waals surface area contributed by atoms with E-state index >= 15 is 0 Å². The average molecular weight is 225 g/mol. The third-order valence-corrected chi connectivity index (χ3v) is 3.20. The molecule has 0 bridgehead atoms. The van der Waals surface area contributed by atoms with Gasteiger partial charge in [-0.2, -0.15) is 0 Å². The van der Waals surface area contributed by atoms with Crippen molar-refractivity contribution in [2.45, 2.75) is 13.0 Å². The second-order valence-electron chi connectivity index (χ2n) is 4.39. The molecule has 2 aromatic rings. The first-order valence-electron chi connectivity index (χ1n) is 5.86. The molecule has 2 heterocycles. The molecule has 86 valence electrons. The highest BCUT2D eigenvalue weighted by molar-refractivity contribution is 5.58.